The number of carbonyl (C=O) groups is 1. The summed E-state index contributed by atoms with van der Waals surface area (Å²) in [6.07, 6.45) is 3.49. The molecule has 0 saturated heterocycles. The van der Waals surface area contributed by atoms with Gasteiger partial charge in [0.25, 0.3) is 0 Å². The number of nitrogens with zero attached hydrogens (tertiary/aromatic N) is 1. The van der Waals surface area contributed by atoms with Gasteiger partial charge >= 0.3 is 12.6 Å². The van der Waals surface area contributed by atoms with E-state index in [2.05, 4.69) is 9.73 Å². The average molecular weight is 369 g/mol. The molecule has 2 aliphatic heterocycles. The van der Waals surface area contributed by atoms with Crippen molar-refractivity contribution in [3.63, 3.8) is 0 Å². The van der Waals surface area contributed by atoms with Crippen LogP contribution >= 0.6 is 0 Å². The molecule has 2 heterocycles. The lowest BCUT2D eigenvalue weighted by Gasteiger charge is -2.15. The second-order valence-electron chi connectivity index (χ2n) is 5.79. The number of ether oxygens (including phenoxy) is 3. The van der Waals surface area contributed by atoms with Crippen LogP contribution in [0.3, 0.4) is 0 Å². The van der Waals surface area contributed by atoms with Gasteiger partial charge in [0, 0.05) is 11.1 Å². The zero-order chi connectivity index (χ0) is 18.8. The van der Waals surface area contributed by atoms with Gasteiger partial charge in [-0.15, -0.1) is 0 Å². The van der Waals surface area contributed by atoms with Crippen molar-refractivity contribution in [3.8, 4) is 11.5 Å². The second kappa shape index (κ2) is 7.03. The molecule has 27 heavy (non-hydrogen) atoms. The Morgan fingerprint density at radius 1 is 1.15 bits per heavy atom. The fourth-order valence-corrected chi connectivity index (χ4v) is 2.73. The quantitative estimate of drug-likeness (QED) is 0.605. The fraction of sp³-hybridized carbons (Fsp3) is 0.100. The first-order chi connectivity index (χ1) is 13.1. The Kier molecular flexibility index (Phi) is 4.42. The molecule has 0 N–H and O–H groups in total. The molecule has 7 heteroatoms. The molecule has 0 amide bonds. The van der Waals surface area contributed by atoms with Gasteiger partial charge in [-0.3, -0.25) is 0 Å². The SMILES string of the molecule is O=C1OC(c2cccc(OC(F)F)c2)=NC1=CC1=Cc2ccccc2OC1. The topological polar surface area (TPSA) is 57.1 Å². The number of fused-ring (bicyclic) bond motifs is 1. The van der Waals surface area contributed by atoms with E-state index in [-0.39, 0.29) is 17.3 Å². The number of aliphatic imine (C=N–C) groups is 1. The van der Waals surface area contributed by atoms with E-state index in [9.17, 15) is 13.6 Å². The van der Waals surface area contributed by atoms with Gasteiger partial charge in [0.1, 0.15) is 18.1 Å². The van der Waals surface area contributed by atoms with E-state index in [1.165, 1.54) is 18.2 Å². The van der Waals surface area contributed by atoms with Crippen LogP contribution in [0.15, 0.2) is 70.9 Å². The molecule has 0 aliphatic carbocycles. The predicted octanol–water partition coefficient (Wildman–Crippen LogP) is 3.95. The lowest BCUT2D eigenvalue weighted by atomic mass is 10.1. The van der Waals surface area contributed by atoms with Gasteiger partial charge in [-0.25, -0.2) is 9.79 Å². The number of halogens is 2. The molecule has 0 fully saturated rings. The van der Waals surface area contributed by atoms with Gasteiger partial charge in [-0.2, -0.15) is 8.78 Å². The molecule has 0 bridgehead atoms. The van der Waals surface area contributed by atoms with Crippen LogP contribution < -0.4 is 9.47 Å². The van der Waals surface area contributed by atoms with Crippen molar-refractivity contribution in [1.29, 1.82) is 0 Å². The Labute approximate surface area is 153 Å². The number of esters is 1. The van der Waals surface area contributed by atoms with E-state index in [1.807, 2.05) is 30.3 Å². The molecule has 0 saturated carbocycles. The Morgan fingerprint density at radius 3 is 2.85 bits per heavy atom. The maximum absolute atomic E-state index is 12.4. The summed E-state index contributed by atoms with van der Waals surface area (Å²) in [5, 5.41) is 0. The molecular formula is C20H13F2NO4. The minimum Gasteiger partial charge on any atom is -0.488 e. The lowest BCUT2D eigenvalue weighted by Crippen LogP contribution is -2.08. The summed E-state index contributed by atoms with van der Waals surface area (Å²) in [4.78, 5) is 16.3. The Hall–Kier alpha value is -3.48. The number of alkyl halides is 2. The van der Waals surface area contributed by atoms with E-state index in [4.69, 9.17) is 9.47 Å². The van der Waals surface area contributed by atoms with Crippen molar-refractivity contribution < 1.29 is 27.8 Å². The maximum atomic E-state index is 12.4. The Bertz CT molecular complexity index is 995. The summed E-state index contributed by atoms with van der Waals surface area (Å²) in [5.74, 6) is 0.140. The van der Waals surface area contributed by atoms with Crippen LogP contribution in [0.25, 0.3) is 6.08 Å². The van der Waals surface area contributed by atoms with Crippen LogP contribution in [0, 0.1) is 0 Å². The van der Waals surface area contributed by atoms with Gasteiger partial charge in [0.15, 0.2) is 5.70 Å². The molecule has 2 aromatic rings. The molecule has 0 aromatic heterocycles. The van der Waals surface area contributed by atoms with Crippen molar-refractivity contribution in [2.24, 2.45) is 4.99 Å². The summed E-state index contributed by atoms with van der Waals surface area (Å²) in [6.45, 7) is -2.64. The van der Waals surface area contributed by atoms with Crippen molar-refractivity contribution in [2.75, 3.05) is 6.61 Å². The number of hydrogen-bond donors (Lipinski definition) is 0. The predicted molar refractivity (Wildman–Crippen MR) is 93.7 cm³/mol. The highest BCUT2D eigenvalue weighted by atomic mass is 19.3. The molecule has 0 atom stereocenters. The highest BCUT2D eigenvalue weighted by molar-refractivity contribution is 6.11. The standard InChI is InChI=1S/C20H13F2NO4/c21-20(22)26-15-6-3-5-14(10-15)18-23-16(19(24)27-18)9-12-8-13-4-1-2-7-17(13)25-11-12/h1-10,20H,11H2. The molecule has 2 aliphatic rings. The average Bonchev–Trinajstić information content (AvgIpc) is 3.02. The molecule has 0 radical (unpaired) electrons. The number of cyclic esters (lactones) is 1. The number of para-hydroxylation sites is 1. The first-order valence-corrected chi connectivity index (χ1v) is 8.09. The summed E-state index contributed by atoms with van der Waals surface area (Å²) in [7, 11) is 0. The zero-order valence-electron chi connectivity index (χ0n) is 13.9. The molecule has 2 aromatic carbocycles. The number of hydrogen-bond acceptors (Lipinski definition) is 5. The first-order valence-electron chi connectivity index (χ1n) is 8.09. The van der Waals surface area contributed by atoms with Gasteiger partial charge in [0.05, 0.1) is 0 Å². The highest BCUT2D eigenvalue weighted by Gasteiger charge is 2.25. The van der Waals surface area contributed by atoms with Crippen molar-refractivity contribution in [1.82, 2.24) is 0 Å². The Morgan fingerprint density at radius 2 is 2.00 bits per heavy atom. The summed E-state index contributed by atoms with van der Waals surface area (Å²) in [5.41, 5.74) is 2.15. The smallest absolute Gasteiger partial charge is 0.387 e. The van der Waals surface area contributed by atoms with Crippen LogP contribution in [-0.2, 0) is 9.53 Å². The Balaban J connectivity index is 1.61. The normalized spacial score (nSPS) is 17.1. The van der Waals surface area contributed by atoms with E-state index >= 15 is 0 Å². The lowest BCUT2D eigenvalue weighted by molar-refractivity contribution is -0.130. The first kappa shape index (κ1) is 17.0. The van der Waals surface area contributed by atoms with Crippen molar-refractivity contribution >= 4 is 17.9 Å². The van der Waals surface area contributed by atoms with Crippen molar-refractivity contribution in [2.45, 2.75) is 6.61 Å². The minimum absolute atomic E-state index is 0.0312. The third-order valence-corrected chi connectivity index (χ3v) is 3.90. The molecule has 136 valence electrons. The largest absolute Gasteiger partial charge is 0.488 e. The van der Waals surface area contributed by atoms with Gasteiger partial charge in [0.2, 0.25) is 5.90 Å². The zero-order valence-corrected chi connectivity index (χ0v) is 13.9. The van der Waals surface area contributed by atoms with E-state index in [0.717, 1.165) is 16.9 Å². The fourth-order valence-electron chi connectivity index (χ4n) is 2.73. The van der Waals surface area contributed by atoms with Crippen LogP contribution in [0.2, 0.25) is 0 Å². The van der Waals surface area contributed by atoms with Gasteiger partial charge in [-0.05, 0) is 42.0 Å². The van der Waals surface area contributed by atoms with E-state index < -0.39 is 12.6 Å². The van der Waals surface area contributed by atoms with Gasteiger partial charge < -0.3 is 14.2 Å². The summed E-state index contributed by atoms with van der Waals surface area (Å²) < 4.78 is 39.9. The molecule has 5 nitrogen and oxygen atoms in total. The van der Waals surface area contributed by atoms with Gasteiger partial charge in [-0.1, -0.05) is 24.3 Å². The number of rotatable bonds is 4. The van der Waals surface area contributed by atoms with Crippen molar-refractivity contribution in [3.05, 3.63) is 77.0 Å². The van der Waals surface area contributed by atoms with E-state index in [0.29, 0.717) is 12.2 Å². The maximum Gasteiger partial charge on any atom is 0.387 e. The van der Waals surface area contributed by atoms with Crippen LogP contribution in [-0.4, -0.2) is 25.1 Å². The summed E-state index contributed by atoms with van der Waals surface area (Å²) >= 11 is 0. The second-order valence-corrected chi connectivity index (χ2v) is 5.79. The number of benzene rings is 2. The van der Waals surface area contributed by atoms with E-state index in [1.54, 1.807) is 12.1 Å². The van der Waals surface area contributed by atoms with Crippen LogP contribution in [0.4, 0.5) is 8.78 Å². The summed E-state index contributed by atoms with van der Waals surface area (Å²) in [6, 6.07) is 13.4. The minimum atomic E-state index is -2.94. The highest BCUT2D eigenvalue weighted by Crippen LogP contribution is 2.28. The monoisotopic (exact) mass is 369 g/mol. The molecule has 4 rings (SSSR count). The van der Waals surface area contributed by atoms with Crippen LogP contribution in [0.5, 0.6) is 11.5 Å². The van der Waals surface area contributed by atoms with Crippen LogP contribution in [0.1, 0.15) is 11.1 Å². The third-order valence-electron chi connectivity index (χ3n) is 3.90. The molecule has 0 unspecified atom stereocenters. The molecular weight excluding hydrogens is 356 g/mol. The third kappa shape index (κ3) is 3.72. The number of carbonyl (C=O) groups excluding carboxylic acids is 1. The molecule has 0 spiro atoms.